The Morgan fingerprint density at radius 3 is 1.64 bits per heavy atom. The van der Waals surface area contributed by atoms with E-state index in [-0.39, 0.29) is 18.0 Å². The maximum absolute atomic E-state index is 5.68. The van der Waals surface area contributed by atoms with E-state index in [4.69, 9.17) is 14.2 Å². The lowest BCUT2D eigenvalue weighted by molar-refractivity contribution is 0.271. The average molecular weight is 337 g/mol. The quantitative estimate of drug-likeness (QED) is 0.558. The lowest BCUT2D eigenvalue weighted by atomic mass is 10.3. The van der Waals surface area contributed by atoms with Crippen LogP contribution in [0.4, 0.5) is 0 Å². The molecular weight excluding hydrogens is 318 g/mol. The van der Waals surface area contributed by atoms with Crippen molar-refractivity contribution in [1.82, 2.24) is 15.0 Å². The van der Waals surface area contributed by atoms with E-state index >= 15 is 0 Å². The number of para-hydroxylation sites is 2. The van der Waals surface area contributed by atoms with Crippen LogP contribution in [0.2, 0.25) is 0 Å². The van der Waals surface area contributed by atoms with Crippen LogP contribution in [0.25, 0.3) is 0 Å². The van der Waals surface area contributed by atoms with Gasteiger partial charge in [0.1, 0.15) is 11.5 Å². The van der Waals surface area contributed by atoms with Crippen LogP contribution in [0, 0.1) is 0 Å². The largest absolute Gasteiger partial charge is 0.463 e. The molecule has 0 aliphatic carbocycles. The molecule has 0 bridgehead atoms. The van der Waals surface area contributed by atoms with Gasteiger partial charge in [0.25, 0.3) is 0 Å². The third-order valence-electron chi connectivity index (χ3n) is 3.21. The van der Waals surface area contributed by atoms with Crippen molar-refractivity contribution in [3.63, 3.8) is 0 Å². The summed E-state index contributed by atoms with van der Waals surface area (Å²) >= 11 is 0. The topological polar surface area (TPSA) is 66.4 Å². The third-order valence-corrected chi connectivity index (χ3v) is 3.21. The number of benzene rings is 2. The standard InChI is InChI=1S/C19H19N3O3/c1-2-3-14-23-17-20-18(24-15-10-6-4-7-11-15)22-19(21-17)25-16-12-8-5-9-13-16/h4-13H,2-3,14H2,1H3. The summed E-state index contributed by atoms with van der Waals surface area (Å²) in [6.45, 7) is 2.61. The zero-order chi connectivity index (χ0) is 17.3. The van der Waals surface area contributed by atoms with Crippen LogP contribution in [-0.2, 0) is 0 Å². The Bertz CT molecular complexity index is 723. The first kappa shape index (κ1) is 16.7. The third kappa shape index (κ3) is 5.17. The van der Waals surface area contributed by atoms with Gasteiger partial charge in [-0.15, -0.1) is 15.0 Å². The van der Waals surface area contributed by atoms with Gasteiger partial charge in [-0.1, -0.05) is 49.7 Å². The minimum atomic E-state index is 0.124. The second-order valence-corrected chi connectivity index (χ2v) is 5.22. The number of rotatable bonds is 8. The SMILES string of the molecule is CCCCOc1nc(Oc2ccccc2)nc(Oc2ccccc2)n1. The van der Waals surface area contributed by atoms with Crippen LogP contribution in [0.15, 0.2) is 60.7 Å². The Morgan fingerprint density at radius 2 is 1.16 bits per heavy atom. The second-order valence-electron chi connectivity index (χ2n) is 5.22. The fourth-order valence-electron chi connectivity index (χ4n) is 1.97. The van der Waals surface area contributed by atoms with Gasteiger partial charge in [-0.05, 0) is 30.7 Å². The van der Waals surface area contributed by atoms with Crippen molar-refractivity contribution < 1.29 is 14.2 Å². The van der Waals surface area contributed by atoms with Crippen molar-refractivity contribution in [2.75, 3.05) is 6.61 Å². The Hall–Kier alpha value is -3.15. The molecule has 3 aromatic rings. The van der Waals surface area contributed by atoms with Crippen LogP contribution in [0.3, 0.4) is 0 Å². The van der Waals surface area contributed by atoms with E-state index in [1.165, 1.54) is 0 Å². The van der Waals surface area contributed by atoms with E-state index in [1.54, 1.807) is 0 Å². The van der Waals surface area contributed by atoms with Crippen molar-refractivity contribution in [2.24, 2.45) is 0 Å². The molecule has 0 amide bonds. The summed E-state index contributed by atoms with van der Waals surface area (Å²) in [5.74, 6) is 1.25. The molecule has 0 aliphatic heterocycles. The van der Waals surface area contributed by atoms with Crippen LogP contribution in [0.5, 0.6) is 29.5 Å². The van der Waals surface area contributed by atoms with E-state index in [0.29, 0.717) is 18.1 Å². The maximum Gasteiger partial charge on any atom is 0.331 e. The van der Waals surface area contributed by atoms with Gasteiger partial charge in [-0.2, -0.15) is 0 Å². The predicted molar refractivity (Wildman–Crippen MR) is 93.3 cm³/mol. The predicted octanol–water partition coefficient (Wildman–Crippen LogP) is 4.64. The highest BCUT2D eigenvalue weighted by atomic mass is 16.5. The van der Waals surface area contributed by atoms with E-state index in [0.717, 1.165) is 12.8 Å². The minimum Gasteiger partial charge on any atom is -0.463 e. The number of nitrogens with zero attached hydrogens (tertiary/aromatic N) is 3. The molecule has 2 aromatic carbocycles. The fourth-order valence-corrected chi connectivity index (χ4v) is 1.97. The summed E-state index contributed by atoms with van der Waals surface area (Å²) in [7, 11) is 0. The van der Waals surface area contributed by atoms with Gasteiger partial charge in [-0.3, -0.25) is 0 Å². The molecule has 0 unspecified atom stereocenters. The van der Waals surface area contributed by atoms with Crippen LogP contribution < -0.4 is 14.2 Å². The Labute approximate surface area is 146 Å². The molecule has 6 nitrogen and oxygen atoms in total. The first-order valence-electron chi connectivity index (χ1n) is 8.18. The summed E-state index contributed by atoms with van der Waals surface area (Å²) < 4.78 is 16.9. The molecular formula is C19H19N3O3. The first-order valence-corrected chi connectivity index (χ1v) is 8.18. The molecule has 0 N–H and O–H groups in total. The lowest BCUT2D eigenvalue weighted by Gasteiger charge is -2.09. The highest BCUT2D eigenvalue weighted by molar-refractivity contribution is 5.27. The average Bonchev–Trinajstić information content (AvgIpc) is 2.63. The number of hydrogen-bond acceptors (Lipinski definition) is 6. The molecule has 0 saturated carbocycles. The highest BCUT2D eigenvalue weighted by Gasteiger charge is 2.11. The van der Waals surface area contributed by atoms with Gasteiger partial charge in [0, 0.05) is 0 Å². The van der Waals surface area contributed by atoms with Crippen molar-refractivity contribution in [3.8, 4) is 29.5 Å². The molecule has 128 valence electrons. The Kier molecular flexibility index (Phi) is 5.77. The molecule has 0 radical (unpaired) electrons. The molecule has 25 heavy (non-hydrogen) atoms. The van der Waals surface area contributed by atoms with Gasteiger partial charge < -0.3 is 14.2 Å². The van der Waals surface area contributed by atoms with E-state index < -0.39 is 0 Å². The van der Waals surface area contributed by atoms with Crippen molar-refractivity contribution >= 4 is 0 Å². The maximum atomic E-state index is 5.68. The Balaban J connectivity index is 1.82. The van der Waals surface area contributed by atoms with Crippen molar-refractivity contribution in [3.05, 3.63) is 60.7 Å². The van der Waals surface area contributed by atoms with Gasteiger partial charge in [0.15, 0.2) is 0 Å². The number of hydrogen-bond donors (Lipinski definition) is 0. The molecule has 0 saturated heterocycles. The molecule has 0 fully saturated rings. The van der Waals surface area contributed by atoms with Crippen LogP contribution in [0.1, 0.15) is 19.8 Å². The monoisotopic (exact) mass is 337 g/mol. The zero-order valence-electron chi connectivity index (χ0n) is 14.0. The summed E-state index contributed by atoms with van der Waals surface area (Å²) in [6, 6.07) is 19.0. The van der Waals surface area contributed by atoms with Gasteiger partial charge in [0.05, 0.1) is 6.61 Å². The summed E-state index contributed by atoms with van der Waals surface area (Å²) in [6.07, 6.45) is 1.93. The van der Waals surface area contributed by atoms with E-state index in [9.17, 15) is 0 Å². The number of unbranched alkanes of at least 4 members (excludes halogenated alkanes) is 1. The molecule has 3 rings (SSSR count). The smallest absolute Gasteiger partial charge is 0.331 e. The molecule has 1 aromatic heterocycles. The number of ether oxygens (including phenoxy) is 3. The highest BCUT2D eigenvalue weighted by Crippen LogP contribution is 2.24. The van der Waals surface area contributed by atoms with E-state index in [1.807, 2.05) is 60.7 Å². The van der Waals surface area contributed by atoms with Gasteiger partial charge in [0.2, 0.25) is 0 Å². The second kappa shape index (κ2) is 8.63. The lowest BCUT2D eigenvalue weighted by Crippen LogP contribution is -2.05. The molecule has 0 aliphatic rings. The summed E-state index contributed by atoms with van der Waals surface area (Å²) in [4.78, 5) is 12.6. The normalized spacial score (nSPS) is 10.3. The van der Waals surface area contributed by atoms with E-state index in [2.05, 4.69) is 21.9 Å². The molecule has 0 atom stereocenters. The number of aromatic nitrogens is 3. The zero-order valence-corrected chi connectivity index (χ0v) is 14.0. The Morgan fingerprint density at radius 1 is 0.680 bits per heavy atom. The summed E-state index contributed by atoms with van der Waals surface area (Å²) in [5, 5.41) is 0. The summed E-state index contributed by atoms with van der Waals surface area (Å²) in [5.41, 5.74) is 0. The van der Waals surface area contributed by atoms with Gasteiger partial charge >= 0.3 is 18.0 Å². The molecule has 6 heteroatoms. The van der Waals surface area contributed by atoms with Crippen molar-refractivity contribution in [1.29, 1.82) is 0 Å². The molecule has 1 heterocycles. The van der Waals surface area contributed by atoms with Crippen LogP contribution in [-0.4, -0.2) is 21.6 Å². The van der Waals surface area contributed by atoms with Crippen LogP contribution >= 0.6 is 0 Å². The minimum absolute atomic E-state index is 0.124. The van der Waals surface area contributed by atoms with Gasteiger partial charge in [-0.25, -0.2) is 0 Å². The first-order chi connectivity index (χ1) is 12.3. The fraction of sp³-hybridized carbons (Fsp3) is 0.211. The van der Waals surface area contributed by atoms with Crippen molar-refractivity contribution in [2.45, 2.75) is 19.8 Å². The molecule has 0 spiro atoms.